The van der Waals surface area contributed by atoms with E-state index in [9.17, 15) is 13.4 Å². The lowest BCUT2D eigenvalue weighted by molar-refractivity contribution is 0.219. The number of rotatable bonds is 3. The van der Waals surface area contributed by atoms with E-state index in [4.69, 9.17) is 9.97 Å². The molecule has 1 unspecified atom stereocenters. The zero-order chi connectivity index (χ0) is 23.3. The maximum absolute atomic E-state index is 13.7. The highest BCUT2D eigenvalue weighted by molar-refractivity contribution is 7.85. The minimum absolute atomic E-state index is 0.190. The molecule has 174 valence electrons. The Morgan fingerprint density at radius 1 is 1.09 bits per heavy atom. The van der Waals surface area contributed by atoms with E-state index < -0.39 is 16.3 Å². The first kappa shape index (κ1) is 21.0. The van der Waals surface area contributed by atoms with Crippen molar-refractivity contribution in [2.45, 2.75) is 29.7 Å². The standard InChI is InChI=1S/C24H23FN6O2S/c25-15-4-3-5-16(14-15)26-21-20-19(8-13-34(20)33)27-22(29-21)31-11-9-24(10-12-31)17-6-1-2-7-18(17)28-23(32)30-24/h1-7,14H,8-13H2,(H,26,27,29)(H2,28,30,32). The number of aryl methyl sites for hydroxylation is 1. The predicted octanol–water partition coefficient (Wildman–Crippen LogP) is 3.65. The summed E-state index contributed by atoms with van der Waals surface area (Å²) in [6.45, 7) is 1.30. The molecule has 1 saturated heterocycles. The Labute approximate surface area is 198 Å². The summed E-state index contributed by atoms with van der Waals surface area (Å²) in [4.78, 5) is 24.5. The van der Waals surface area contributed by atoms with Crippen molar-refractivity contribution >= 4 is 40.0 Å². The van der Waals surface area contributed by atoms with Crippen LogP contribution in [0.5, 0.6) is 0 Å². The molecule has 0 radical (unpaired) electrons. The van der Waals surface area contributed by atoms with Gasteiger partial charge in [-0.2, -0.15) is 4.98 Å². The summed E-state index contributed by atoms with van der Waals surface area (Å²) in [6, 6.07) is 13.8. The molecule has 0 aliphatic carbocycles. The van der Waals surface area contributed by atoms with Gasteiger partial charge >= 0.3 is 6.03 Å². The number of halogens is 1. The average molecular weight is 479 g/mol. The third-order valence-electron chi connectivity index (χ3n) is 6.71. The first-order valence-electron chi connectivity index (χ1n) is 11.3. The molecule has 3 aromatic rings. The van der Waals surface area contributed by atoms with Crippen molar-refractivity contribution in [1.29, 1.82) is 0 Å². The first-order valence-corrected chi connectivity index (χ1v) is 12.6. The highest BCUT2D eigenvalue weighted by Crippen LogP contribution is 2.40. The summed E-state index contributed by atoms with van der Waals surface area (Å²) >= 11 is 0. The molecule has 0 bridgehead atoms. The van der Waals surface area contributed by atoms with Gasteiger partial charge in [0.15, 0.2) is 5.82 Å². The first-order chi connectivity index (χ1) is 16.5. The Kier molecular flexibility index (Phi) is 4.98. The van der Waals surface area contributed by atoms with Crippen molar-refractivity contribution in [3.8, 4) is 0 Å². The molecule has 10 heteroatoms. The van der Waals surface area contributed by atoms with Crippen molar-refractivity contribution in [3.63, 3.8) is 0 Å². The van der Waals surface area contributed by atoms with Crippen LogP contribution >= 0.6 is 0 Å². The fourth-order valence-corrected chi connectivity index (χ4v) is 6.35. The van der Waals surface area contributed by atoms with Crippen LogP contribution in [0.1, 0.15) is 24.1 Å². The lowest BCUT2D eigenvalue weighted by atomic mass is 9.79. The van der Waals surface area contributed by atoms with E-state index in [1.54, 1.807) is 12.1 Å². The van der Waals surface area contributed by atoms with Gasteiger partial charge in [-0.15, -0.1) is 0 Å². The quantitative estimate of drug-likeness (QED) is 0.532. The smallest absolute Gasteiger partial charge is 0.319 e. The summed E-state index contributed by atoms with van der Waals surface area (Å²) in [5, 5.41) is 9.19. The largest absolute Gasteiger partial charge is 0.341 e. The lowest BCUT2D eigenvalue weighted by Gasteiger charge is -2.45. The predicted molar refractivity (Wildman–Crippen MR) is 128 cm³/mol. The van der Waals surface area contributed by atoms with Gasteiger partial charge in [-0.05, 0) is 37.1 Å². The summed E-state index contributed by atoms with van der Waals surface area (Å²) in [5.74, 6) is 1.16. The monoisotopic (exact) mass is 478 g/mol. The normalized spacial score (nSPS) is 20.3. The van der Waals surface area contributed by atoms with Crippen LogP contribution < -0.4 is 20.9 Å². The molecular formula is C24H23FN6O2S. The van der Waals surface area contributed by atoms with E-state index in [2.05, 4.69) is 26.9 Å². The molecule has 1 aromatic heterocycles. The number of hydrogen-bond donors (Lipinski definition) is 3. The Morgan fingerprint density at radius 2 is 1.91 bits per heavy atom. The molecule has 1 atom stereocenters. The minimum atomic E-state index is -1.19. The Bertz CT molecular complexity index is 1320. The molecule has 2 aromatic carbocycles. The molecule has 2 amide bonds. The van der Waals surface area contributed by atoms with Gasteiger partial charge in [0.25, 0.3) is 0 Å². The zero-order valence-corrected chi connectivity index (χ0v) is 19.1. The fourth-order valence-electron chi connectivity index (χ4n) is 5.04. The van der Waals surface area contributed by atoms with E-state index >= 15 is 0 Å². The summed E-state index contributed by atoms with van der Waals surface area (Å²) in [7, 11) is -1.19. The van der Waals surface area contributed by atoms with Crippen LogP contribution in [0.25, 0.3) is 0 Å². The van der Waals surface area contributed by atoms with Gasteiger partial charge in [-0.1, -0.05) is 24.3 Å². The number of carbonyl (C=O) groups excluding carboxylic acids is 1. The average Bonchev–Trinajstić information content (AvgIpc) is 3.20. The van der Waals surface area contributed by atoms with Gasteiger partial charge in [-0.25, -0.2) is 14.2 Å². The van der Waals surface area contributed by atoms with Crippen LogP contribution in [-0.4, -0.2) is 39.1 Å². The molecule has 1 fully saturated rings. The molecule has 8 nitrogen and oxygen atoms in total. The molecule has 0 saturated carbocycles. The minimum Gasteiger partial charge on any atom is -0.341 e. The topological polar surface area (TPSA) is 99.2 Å². The van der Waals surface area contributed by atoms with Gasteiger partial charge in [0.1, 0.15) is 10.7 Å². The Balaban J connectivity index is 1.30. The summed E-state index contributed by atoms with van der Waals surface area (Å²) in [6.07, 6.45) is 2.02. The van der Waals surface area contributed by atoms with Crippen molar-refractivity contribution in [2.24, 2.45) is 0 Å². The fraction of sp³-hybridized carbons (Fsp3) is 0.292. The Morgan fingerprint density at radius 3 is 2.74 bits per heavy atom. The highest BCUT2D eigenvalue weighted by Gasteiger charge is 2.42. The molecule has 6 rings (SSSR count). The second kappa shape index (κ2) is 8.05. The van der Waals surface area contributed by atoms with Crippen LogP contribution in [0.15, 0.2) is 53.4 Å². The highest BCUT2D eigenvalue weighted by atomic mass is 32.2. The number of fused-ring (bicyclic) bond motifs is 3. The third kappa shape index (κ3) is 3.58. The molecule has 3 aliphatic heterocycles. The maximum Gasteiger partial charge on any atom is 0.319 e. The number of urea groups is 1. The number of aromatic nitrogens is 2. The van der Waals surface area contributed by atoms with E-state index in [1.807, 2.05) is 18.2 Å². The third-order valence-corrected chi connectivity index (χ3v) is 8.17. The van der Waals surface area contributed by atoms with Crippen LogP contribution in [0.2, 0.25) is 0 Å². The van der Waals surface area contributed by atoms with Crippen molar-refractivity contribution in [2.75, 3.05) is 34.4 Å². The molecule has 4 heterocycles. The number of piperidine rings is 1. The molecule has 3 aliphatic rings. The van der Waals surface area contributed by atoms with Gasteiger partial charge in [0, 0.05) is 42.2 Å². The van der Waals surface area contributed by atoms with Crippen LogP contribution in [-0.2, 0) is 22.8 Å². The second-order valence-corrected chi connectivity index (χ2v) is 10.3. The number of hydrogen-bond acceptors (Lipinski definition) is 6. The van der Waals surface area contributed by atoms with Gasteiger partial charge in [0.05, 0.1) is 22.0 Å². The summed E-state index contributed by atoms with van der Waals surface area (Å²) in [5.41, 5.74) is 2.81. The van der Waals surface area contributed by atoms with Crippen LogP contribution in [0, 0.1) is 5.82 Å². The number of anilines is 4. The van der Waals surface area contributed by atoms with Crippen molar-refractivity contribution < 1.29 is 13.4 Å². The molecule has 1 spiro atoms. The van der Waals surface area contributed by atoms with Crippen molar-refractivity contribution in [3.05, 3.63) is 65.6 Å². The van der Waals surface area contributed by atoms with Crippen molar-refractivity contribution in [1.82, 2.24) is 15.3 Å². The maximum atomic E-state index is 13.7. The zero-order valence-electron chi connectivity index (χ0n) is 18.3. The number of nitrogens with one attached hydrogen (secondary N) is 3. The number of para-hydroxylation sites is 1. The lowest BCUT2D eigenvalue weighted by Crippen LogP contribution is -2.57. The summed E-state index contributed by atoms with van der Waals surface area (Å²) < 4.78 is 26.4. The number of nitrogens with zero attached hydrogens (tertiary/aromatic N) is 3. The van der Waals surface area contributed by atoms with E-state index in [0.717, 1.165) is 16.9 Å². The second-order valence-electron chi connectivity index (χ2n) is 8.78. The molecular weight excluding hydrogens is 455 g/mol. The van der Waals surface area contributed by atoms with Gasteiger partial charge in [0.2, 0.25) is 5.95 Å². The van der Waals surface area contributed by atoms with Crippen LogP contribution in [0.3, 0.4) is 0 Å². The van der Waals surface area contributed by atoms with Gasteiger partial charge < -0.3 is 20.9 Å². The van der Waals surface area contributed by atoms with E-state index in [0.29, 0.717) is 60.5 Å². The number of amides is 2. The number of carbonyl (C=O) groups is 1. The Hall–Kier alpha value is -3.53. The molecule has 34 heavy (non-hydrogen) atoms. The van der Waals surface area contributed by atoms with Gasteiger partial charge in [-0.3, -0.25) is 4.21 Å². The SMILES string of the molecule is O=C1Nc2ccccc2C2(CCN(c3nc4c(c(Nc5cccc(F)c5)n3)S(=O)CC4)CC2)N1. The molecule has 3 N–H and O–H groups in total. The van der Waals surface area contributed by atoms with Crippen LogP contribution in [0.4, 0.5) is 32.3 Å². The van der Waals surface area contributed by atoms with E-state index in [-0.39, 0.29) is 11.8 Å². The van der Waals surface area contributed by atoms with E-state index in [1.165, 1.54) is 12.1 Å². The number of benzene rings is 2.